The van der Waals surface area contributed by atoms with Crippen molar-refractivity contribution in [3.8, 4) is 29.0 Å². The maximum Gasteiger partial charge on any atom is 0.259 e. The Hall–Kier alpha value is -2.88. The fourth-order valence-corrected chi connectivity index (χ4v) is 1.60. The van der Waals surface area contributed by atoms with Crippen molar-refractivity contribution in [2.75, 3.05) is 0 Å². The Kier molecular flexibility index (Phi) is 2.20. The smallest absolute Gasteiger partial charge is 0.259 e. The second-order valence-electron chi connectivity index (χ2n) is 3.73. The van der Waals surface area contributed by atoms with Gasteiger partial charge in [-0.1, -0.05) is 5.16 Å². The van der Waals surface area contributed by atoms with Gasteiger partial charge in [0.1, 0.15) is 17.5 Å². The van der Waals surface area contributed by atoms with Crippen LogP contribution in [0.25, 0.3) is 23.0 Å². The molecule has 0 aliphatic rings. The summed E-state index contributed by atoms with van der Waals surface area (Å²) in [6, 6.07) is 3.65. The number of aromatic nitrogens is 5. The van der Waals surface area contributed by atoms with Gasteiger partial charge in [0.15, 0.2) is 0 Å². The SMILES string of the molecule is Cn1cncc1-c1noc(-c2c[nH]c(C#N)c2)n1. The lowest BCUT2D eigenvalue weighted by atomic mass is 10.3. The topological polar surface area (TPSA) is 96.3 Å². The first-order valence-corrected chi connectivity index (χ1v) is 5.17. The summed E-state index contributed by atoms with van der Waals surface area (Å²) >= 11 is 0. The highest BCUT2D eigenvalue weighted by Crippen LogP contribution is 2.21. The van der Waals surface area contributed by atoms with Crippen LogP contribution in [0.1, 0.15) is 5.69 Å². The molecule has 3 aromatic heterocycles. The van der Waals surface area contributed by atoms with Gasteiger partial charge in [0.05, 0.1) is 18.1 Å². The third-order valence-electron chi connectivity index (χ3n) is 2.52. The molecule has 88 valence electrons. The van der Waals surface area contributed by atoms with E-state index < -0.39 is 0 Å². The van der Waals surface area contributed by atoms with Gasteiger partial charge in [0.2, 0.25) is 5.82 Å². The molecule has 0 aliphatic heterocycles. The molecule has 3 heterocycles. The Morgan fingerprint density at radius 3 is 3.06 bits per heavy atom. The molecule has 0 radical (unpaired) electrons. The van der Waals surface area contributed by atoms with E-state index in [0.717, 1.165) is 5.69 Å². The van der Waals surface area contributed by atoms with Crippen LogP contribution in [0.3, 0.4) is 0 Å². The van der Waals surface area contributed by atoms with Crippen molar-refractivity contribution < 1.29 is 4.52 Å². The molecule has 0 unspecified atom stereocenters. The maximum absolute atomic E-state index is 8.73. The average molecular weight is 240 g/mol. The van der Waals surface area contributed by atoms with E-state index in [1.807, 2.05) is 13.1 Å². The van der Waals surface area contributed by atoms with Gasteiger partial charge in [0, 0.05) is 13.2 Å². The van der Waals surface area contributed by atoms with Crippen molar-refractivity contribution in [1.82, 2.24) is 24.7 Å². The molecular weight excluding hydrogens is 232 g/mol. The molecule has 0 aromatic carbocycles. The van der Waals surface area contributed by atoms with E-state index in [2.05, 4.69) is 20.1 Å². The maximum atomic E-state index is 8.73. The van der Waals surface area contributed by atoms with Crippen LogP contribution in [0.5, 0.6) is 0 Å². The monoisotopic (exact) mass is 240 g/mol. The summed E-state index contributed by atoms with van der Waals surface area (Å²) in [5, 5.41) is 12.6. The highest BCUT2D eigenvalue weighted by Gasteiger charge is 2.14. The van der Waals surface area contributed by atoms with Crippen LogP contribution in [0.15, 0.2) is 29.3 Å². The van der Waals surface area contributed by atoms with E-state index in [0.29, 0.717) is 23.0 Å². The van der Waals surface area contributed by atoms with Gasteiger partial charge in [-0.2, -0.15) is 10.2 Å². The molecule has 0 saturated heterocycles. The predicted molar refractivity (Wildman–Crippen MR) is 61.0 cm³/mol. The normalized spacial score (nSPS) is 10.4. The van der Waals surface area contributed by atoms with E-state index in [1.54, 1.807) is 29.4 Å². The highest BCUT2D eigenvalue weighted by atomic mass is 16.5. The number of nitrogens with zero attached hydrogens (tertiary/aromatic N) is 5. The molecule has 1 N–H and O–H groups in total. The first kappa shape index (κ1) is 10.3. The summed E-state index contributed by atoms with van der Waals surface area (Å²) in [4.78, 5) is 11.1. The van der Waals surface area contributed by atoms with Crippen LogP contribution in [-0.4, -0.2) is 24.7 Å². The van der Waals surface area contributed by atoms with E-state index in [1.165, 1.54) is 0 Å². The lowest BCUT2D eigenvalue weighted by Gasteiger charge is -1.92. The quantitative estimate of drug-likeness (QED) is 0.729. The summed E-state index contributed by atoms with van der Waals surface area (Å²) in [6.45, 7) is 0. The summed E-state index contributed by atoms with van der Waals surface area (Å²) in [6.07, 6.45) is 4.97. The van der Waals surface area contributed by atoms with Crippen LogP contribution in [0, 0.1) is 11.3 Å². The number of imidazole rings is 1. The second-order valence-corrected chi connectivity index (χ2v) is 3.73. The minimum Gasteiger partial charge on any atom is -0.352 e. The lowest BCUT2D eigenvalue weighted by Crippen LogP contribution is -1.90. The number of nitriles is 1. The van der Waals surface area contributed by atoms with Crippen molar-refractivity contribution in [1.29, 1.82) is 5.26 Å². The minimum absolute atomic E-state index is 0.365. The van der Waals surface area contributed by atoms with E-state index >= 15 is 0 Å². The van der Waals surface area contributed by atoms with Gasteiger partial charge in [0.25, 0.3) is 5.89 Å². The molecule has 7 heteroatoms. The van der Waals surface area contributed by atoms with Crippen molar-refractivity contribution in [3.05, 3.63) is 30.5 Å². The van der Waals surface area contributed by atoms with Crippen LogP contribution in [0.4, 0.5) is 0 Å². The zero-order chi connectivity index (χ0) is 12.5. The summed E-state index contributed by atoms with van der Waals surface area (Å²) in [7, 11) is 1.85. The van der Waals surface area contributed by atoms with Crippen molar-refractivity contribution in [3.63, 3.8) is 0 Å². The molecule has 0 spiro atoms. The Morgan fingerprint density at radius 1 is 1.50 bits per heavy atom. The Balaban J connectivity index is 1.99. The average Bonchev–Trinajstić information content (AvgIpc) is 3.07. The van der Waals surface area contributed by atoms with Crippen molar-refractivity contribution in [2.45, 2.75) is 0 Å². The third kappa shape index (κ3) is 1.56. The molecule has 0 saturated carbocycles. The van der Waals surface area contributed by atoms with Crippen molar-refractivity contribution in [2.24, 2.45) is 7.05 Å². The van der Waals surface area contributed by atoms with Gasteiger partial charge in [-0.25, -0.2) is 4.98 Å². The Labute approximate surface area is 102 Å². The van der Waals surface area contributed by atoms with E-state index in [9.17, 15) is 0 Å². The number of rotatable bonds is 2. The molecule has 7 nitrogen and oxygen atoms in total. The van der Waals surface area contributed by atoms with E-state index in [4.69, 9.17) is 9.78 Å². The fraction of sp³-hybridized carbons (Fsp3) is 0.0909. The first-order valence-electron chi connectivity index (χ1n) is 5.17. The second kappa shape index (κ2) is 3.85. The number of hydrogen-bond donors (Lipinski definition) is 1. The molecule has 0 aliphatic carbocycles. The van der Waals surface area contributed by atoms with Gasteiger partial charge in [-0.3, -0.25) is 0 Å². The predicted octanol–water partition coefficient (Wildman–Crippen LogP) is 1.34. The van der Waals surface area contributed by atoms with Gasteiger partial charge >= 0.3 is 0 Å². The zero-order valence-electron chi connectivity index (χ0n) is 9.45. The number of aromatic amines is 1. The zero-order valence-corrected chi connectivity index (χ0v) is 9.45. The molecule has 3 rings (SSSR count). The van der Waals surface area contributed by atoms with Gasteiger partial charge in [-0.05, 0) is 6.07 Å². The fourth-order valence-electron chi connectivity index (χ4n) is 1.60. The van der Waals surface area contributed by atoms with Gasteiger partial charge in [-0.15, -0.1) is 0 Å². The molecule has 18 heavy (non-hydrogen) atoms. The van der Waals surface area contributed by atoms with Crippen LogP contribution in [-0.2, 0) is 7.05 Å². The molecule has 3 aromatic rings. The summed E-state index contributed by atoms with van der Waals surface area (Å²) < 4.78 is 6.95. The third-order valence-corrected chi connectivity index (χ3v) is 2.52. The number of aryl methyl sites for hydroxylation is 1. The van der Waals surface area contributed by atoms with Crippen molar-refractivity contribution >= 4 is 0 Å². The molecule has 0 fully saturated rings. The summed E-state index contributed by atoms with van der Waals surface area (Å²) in [5.41, 5.74) is 1.90. The number of nitrogens with one attached hydrogen (secondary N) is 1. The highest BCUT2D eigenvalue weighted by molar-refractivity contribution is 5.58. The Morgan fingerprint density at radius 2 is 2.39 bits per heavy atom. The largest absolute Gasteiger partial charge is 0.352 e. The molecular formula is C11H8N6O. The van der Waals surface area contributed by atoms with Crippen LogP contribution >= 0.6 is 0 Å². The summed E-state index contributed by atoms with van der Waals surface area (Å²) in [5.74, 6) is 0.827. The standard InChI is InChI=1S/C11H8N6O/c1-17-6-13-5-9(17)10-15-11(18-16-10)7-2-8(3-12)14-4-7/h2,4-6,14H,1H3. The lowest BCUT2D eigenvalue weighted by molar-refractivity contribution is 0.432. The van der Waals surface area contributed by atoms with Crippen LogP contribution < -0.4 is 0 Å². The first-order chi connectivity index (χ1) is 8.78. The Bertz CT molecular complexity index is 729. The minimum atomic E-state index is 0.365. The molecule has 0 amide bonds. The van der Waals surface area contributed by atoms with Gasteiger partial charge < -0.3 is 14.1 Å². The molecule has 0 atom stereocenters. The number of hydrogen-bond acceptors (Lipinski definition) is 5. The van der Waals surface area contributed by atoms with Crippen LogP contribution in [0.2, 0.25) is 0 Å². The van der Waals surface area contributed by atoms with E-state index in [-0.39, 0.29) is 0 Å². The number of H-pyrrole nitrogens is 1. The molecule has 0 bridgehead atoms.